The van der Waals surface area contributed by atoms with Crippen LogP contribution in [-0.4, -0.2) is 16.5 Å². The number of halogens is 5. The number of alkyl halides is 5. The lowest BCUT2D eigenvalue weighted by molar-refractivity contribution is -0.276. The molecule has 0 aromatic carbocycles. The average molecular weight is 243 g/mol. The Bertz CT molecular complexity index is 391. The van der Waals surface area contributed by atoms with Crippen molar-refractivity contribution in [1.82, 2.24) is 4.98 Å². The summed E-state index contributed by atoms with van der Waals surface area (Å²) in [5, 5.41) is 9.14. The average Bonchev–Trinajstić information content (AvgIpc) is 2.07. The molecule has 0 spiro atoms. The summed E-state index contributed by atoms with van der Waals surface area (Å²) in [5.74, 6) is -2.58. The monoisotopic (exact) mass is 243 g/mol. The van der Waals surface area contributed by atoms with Gasteiger partial charge in [-0.25, -0.2) is 13.8 Å². The number of rotatable bonds is 2. The predicted octanol–water partition coefficient (Wildman–Crippen LogP) is 2.93. The van der Waals surface area contributed by atoms with E-state index in [-0.39, 0.29) is 5.56 Å². The van der Waals surface area contributed by atoms with Crippen LogP contribution < -0.4 is 4.74 Å². The molecular formula is C8H6F5NO2. The van der Waals surface area contributed by atoms with Crippen LogP contribution in [0, 0.1) is 6.92 Å². The predicted molar refractivity (Wildman–Crippen MR) is 42.3 cm³/mol. The van der Waals surface area contributed by atoms with E-state index in [1.54, 1.807) is 0 Å². The number of hydrogen-bond acceptors (Lipinski definition) is 3. The molecule has 3 nitrogen and oxygen atoms in total. The van der Waals surface area contributed by atoms with Gasteiger partial charge in [-0.15, -0.1) is 13.2 Å². The highest BCUT2D eigenvalue weighted by Crippen LogP contribution is 2.38. The summed E-state index contributed by atoms with van der Waals surface area (Å²) in [5.41, 5.74) is -1.05. The molecule has 1 aromatic rings. The molecule has 0 atom stereocenters. The van der Waals surface area contributed by atoms with E-state index >= 15 is 0 Å². The van der Waals surface area contributed by atoms with Crippen molar-refractivity contribution in [3.05, 3.63) is 17.3 Å². The maximum atomic E-state index is 12.4. The van der Waals surface area contributed by atoms with E-state index in [1.807, 2.05) is 0 Å². The Kier molecular flexibility index (Phi) is 3.20. The van der Waals surface area contributed by atoms with E-state index in [9.17, 15) is 22.0 Å². The Labute approximate surface area is 86.5 Å². The second-order valence-corrected chi connectivity index (χ2v) is 2.86. The number of aromatic hydroxyl groups is 1. The van der Waals surface area contributed by atoms with Crippen molar-refractivity contribution in [2.45, 2.75) is 19.7 Å². The topological polar surface area (TPSA) is 42.4 Å². The molecule has 0 saturated heterocycles. The van der Waals surface area contributed by atoms with Crippen LogP contribution in [-0.2, 0) is 0 Å². The third-order valence-corrected chi connectivity index (χ3v) is 1.69. The molecule has 0 aliphatic carbocycles. The number of ether oxygens (including phenoxy) is 1. The summed E-state index contributed by atoms with van der Waals surface area (Å²) in [6, 6.07) is 0. The molecule has 1 aromatic heterocycles. The fourth-order valence-corrected chi connectivity index (χ4v) is 1.05. The molecule has 0 saturated carbocycles. The zero-order chi connectivity index (χ0) is 12.5. The molecule has 0 unspecified atom stereocenters. The summed E-state index contributed by atoms with van der Waals surface area (Å²) in [6.07, 6.45) is -7.44. The van der Waals surface area contributed by atoms with Crippen molar-refractivity contribution < 1.29 is 31.8 Å². The summed E-state index contributed by atoms with van der Waals surface area (Å²) in [4.78, 5) is 3.08. The molecule has 0 radical (unpaired) electrons. The fourth-order valence-electron chi connectivity index (χ4n) is 1.05. The van der Waals surface area contributed by atoms with Crippen LogP contribution in [0.1, 0.15) is 17.6 Å². The molecule has 0 fully saturated rings. The van der Waals surface area contributed by atoms with Crippen molar-refractivity contribution in [3.8, 4) is 11.6 Å². The van der Waals surface area contributed by atoms with Gasteiger partial charge < -0.3 is 9.84 Å². The number of nitrogens with zero attached hydrogens (tertiary/aromatic N) is 1. The van der Waals surface area contributed by atoms with Gasteiger partial charge >= 0.3 is 6.36 Å². The Balaban J connectivity index is 3.19. The Morgan fingerprint density at radius 3 is 2.38 bits per heavy atom. The van der Waals surface area contributed by atoms with E-state index in [1.165, 1.54) is 6.92 Å². The van der Waals surface area contributed by atoms with Gasteiger partial charge in [0.25, 0.3) is 12.3 Å². The van der Waals surface area contributed by atoms with Crippen molar-refractivity contribution in [2.24, 2.45) is 0 Å². The molecule has 1 rings (SSSR count). The molecule has 0 amide bonds. The molecule has 0 aliphatic rings. The van der Waals surface area contributed by atoms with Gasteiger partial charge in [0.15, 0.2) is 5.75 Å². The first-order valence-corrected chi connectivity index (χ1v) is 3.94. The quantitative estimate of drug-likeness (QED) is 0.812. The van der Waals surface area contributed by atoms with Crippen LogP contribution in [0.25, 0.3) is 0 Å². The smallest absolute Gasteiger partial charge is 0.503 e. The van der Waals surface area contributed by atoms with Gasteiger partial charge in [0.2, 0.25) is 0 Å². The van der Waals surface area contributed by atoms with Crippen LogP contribution in [0.15, 0.2) is 6.20 Å². The normalized spacial score (nSPS) is 11.9. The molecule has 1 N–H and O–H groups in total. The van der Waals surface area contributed by atoms with E-state index in [0.29, 0.717) is 0 Å². The number of pyridine rings is 1. The highest BCUT2D eigenvalue weighted by atomic mass is 19.4. The van der Waals surface area contributed by atoms with Crippen molar-refractivity contribution in [3.63, 3.8) is 0 Å². The van der Waals surface area contributed by atoms with E-state index < -0.39 is 30.0 Å². The summed E-state index contributed by atoms with van der Waals surface area (Å²) < 4.78 is 63.4. The van der Waals surface area contributed by atoms with Gasteiger partial charge in [-0.05, 0) is 12.5 Å². The summed E-state index contributed by atoms with van der Waals surface area (Å²) >= 11 is 0. The SMILES string of the molecule is Cc1cnc(OC(F)(F)F)c(O)c1C(F)F. The first kappa shape index (κ1) is 12.5. The van der Waals surface area contributed by atoms with Gasteiger partial charge in [0.1, 0.15) is 0 Å². The van der Waals surface area contributed by atoms with Crippen LogP contribution in [0.5, 0.6) is 11.6 Å². The molecule has 8 heteroatoms. The Morgan fingerprint density at radius 2 is 1.94 bits per heavy atom. The largest absolute Gasteiger partial charge is 0.574 e. The maximum Gasteiger partial charge on any atom is 0.574 e. The zero-order valence-electron chi connectivity index (χ0n) is 7.85. The van der Waals surface area contributed by atoms with Crippen molar-refractivity contribution >= 4 is 0 Å². The lowest BCUT2D eigenvalue weighted by Gasteiger charge is -2.12. The van der Waals surface area contributed by atoms with Crippen LogP contribution in [0.4, 0.5) is 22.0 Å². The summed E-state index contributed by atoms with van der Waals surface area (Å²) in [6.45, 7) is 1.19. The lowest BCUT2D eigenvalue weighted by Crippen LogP contribution is -2.18. The standard InChI is InChI=1S/C8H6F5NO2/c1-3-2-14-7(16-8(11,12)13)5(15)4(3)6(9)10/h2,6,15H,1H3. The third-order valence-electron chi connectivity index (χ3n) is 1.69. The Hall–Kier alpha value is -1.60. The highest BCUT2D eigenvalue weighted by molar-refractivity contribution is 5.45. The van der Waals surface area contributed by atoms with E-state index in [2.05, 4.69) is 9.72 Å². The maximum absolute atomic E-state index is 12.4. The minimum Gasteiger partial charge on any atom is -0.503 e. The minimum absolute atomic E-state index is 0.123. The van der Waals surface area contributed by atoms with E-state index in [4.69, 9.17) is 5.11 Å². The van der Waals surface area contributed by atoms with Gasteiger partial charge in [0, 0.05) is 6.20 Å². The second kappa shape index (κ2) is 4.11. The van der Waals surface area contributed by atoms with Gasteiger partial charge in [-0.2, -0.15) is 0 Å². The first-order chi connectivity index (χ1) is 7.22. The fraction of sp³-hybridized carbons (Fsp3) is 0.375. The van der Waals surface area contributed by atoms with Gasteiger partial charge in [-0.1, -0.05) is 0 Å². The molecule has 16 heavy (non-hydrogen) atoms. The van der Waals surface area contributed by atoms with Gasteiger partial charge in [-0.3, -0.25) is 0 Å². The molecule has 0 bridgehead atoms. The van der Waals surface area contributed by atoms with Crippen molar-refractivity contribution in [1.29, 1.82) is 0 Å². The number of aryl methyl sites for hydroxylation is 1. The van der Waals surface area contributed by atoms with Gasteiger partial charge in [0.05, 0.1) is 5.56 Å². The van der Waals surface area contributed by atoms with Crippen molar-refractivity contribution in [2.75, 3.05) is 0 Å². The van der Waals surface area contributed by atoms with Crippen LogP contribution in [0.3, 0.4) is 0 Å². The highest BCUT2D eigenvalue weighted by Gasteiger charge is 2.34. The Morgan fingerprint density at radius 1 is 1.38 bits per heavy atom. The van der Waals surface area contributed by atoms with Crippen LogP contribution in [0.2, 0.25) is 0 Å². The minimum atomic E-state index is -5.10. The molecule has 90 valence electrons. The molecule has 0 aliphatic heterocycles. The lowest BCUT2D eigenvalue weighted by atomic mass is 10.1. The first-order valence-electron chi connectivity index (χ1n) is 3.94. The number of hydrogen-bond donors (Lipinski definition) is 1. The summed E-state index contributed by atoms with van der Waals surface area (Å²) in [7, 11) is 0. The molecule has 1 heterocycles. The zero-order valence-corrected chi connectivity index (χ0v) is 7.85. The second-order valence-electron chi connectivity index (χ2n) is 2.86. The number of aromatic nitrogens is 1. The molecular weight excluding hydrogens is 237 g/mol. The van der Waals surface area contributed by atoms with Crippen LogP contribution >= 0.6 is 0 Å². The third kappa shape index (κ3) is 2.71. The van der Waals surface area contributed by atoms with E-state index in [0.717, 1.165) is 6.20 Å².